The van der Waals surface area contributed by atoms with Crippen LogP contribution in [0.3, 0.4) is 0 Å². The molecule has 0 aromatic heterocycles. The summed E-state index contributed by atoms with van der Waals surface area (Å²) in [6.07, 6.45) is 0.666. The second-order valence-corrected chi connectivity index (χ2v) is 6.78. The van der Waals surface area contributed by atoms with E-state index in [0.29, 0.717) is 28.6 Å². The number of nitrogens with two attached hydrogens (primary N) is 1. The van der Waals surface area contributed by atoms with Gasteiger partial charge in [0.1, 0.15) is 0 Å². The molecule has 2 rings (SSSR count). The van der Waals surface area contributed by atoms with Crippen LogP contribution in [0.4, 0.5) is 0 Å². The summed E-state index contributed by atoms with van der Waals surface area (Å²) in [6, 6.07) is 4.35. The molecule has 0 radical (unpaired) electrons. The van der Waals surface area contributed by atoms with E-state index in [2.05, 4.69) is 4.40 Å². The van der Waals surface area contributed by atoms with E-state index in [0.717, 1.165) is 0 Å². The number of hydrogen-bond donors (Lipinski definition) is 1. The molecule has 0 saturated heterocycles. The summed E-state index contributed by atoms with van der Waals surface area (Å²) in [6.45, 7) is 4.05. The van der Waals surface area contributed by atoms with Crippen molar-refractivity contribution in [3.8, 4) is 0 Å². The third-order valence-corrected chi connectivity index (χ3v) is 4.45. The predicted molar refractivity (Wildman–Crippen MR) is 72.6 cm³/mol. The molecule has 0 fully saturated rings. The Labute approximate surface area is 112 Å². The van der Waals surface area contributed by atoms with Gasteiger partial charge in [0.15, 0.2) is 0 Å². The molecular formula is C12H15ClN2O2S. The summed E-state index contributed by atoms with van der Waals surface area (Å²) in [4.78, 5) is 0.157. The van der Waals surface area contributed by atoms with Crippen LogP contribution < -0.4 is 5.73 Å². The SMILES string of the molecule is CC(C)CC(N)C1=NS(=O)(=O)c2cccc(Cl)c21. The molecule has 0 bridgehead atoms. The van der Waals surface area contributed by atoms with Crippen molar-refractivity contribution in [1.29, 1.82) is 0 Å². The summed E-state index contributed by atoms with van der Waals surface area (Å²) in [5, 5.41) is 0.381. The Morgan fingerprint density at radius 1 is 1.39 bits per heavy atom. The molecule has 2 N–H and O–H groups in total. The Morgan fingerprint density at radius 3 is 2.67 bits per heavy atom. The van der Waals surface area contributed by atoms with Gasteiger partial charge >= 0.3 is 0 Å². The molecule has 98 valence electrons. The van der Waals surface area contributed by atoms with Gasteiger partial charge in [-0.25, -0.2) is 0 Å². The van der Waals surface area contributed by atoms with Gasteiger partial charge in [-0.15, -0.1) is 0 Å². The van der Waals surface area contributed by atoms with Gasteiger partial charge in [0.05, 0.1) is 15.6 Å². The minimum Gasteiger partial charge on any atom is -0.323 e. The van der Waals surface area contributed by atoms with Crippen molar-refractivity contribution in [3.63, 3.8) is 0 Å². The number of fused-ring (bicyclic) bond motifs is 1. The Bertz CT molecular complexity index is 609. The van der Waals surface area contributed by atoms with Gasteiger partial charge in [0, 0.05) is 11.6 Å². The van der Waals surface area contributed by atoms with E-state index in [1.54, 1.807) is 12.1 Å². The first-order valence-electron chi connectivity index (χ1n) is 5.72. The van der Waals surface area contributed by atoms with Crippen LogP contribution in [0, 0.1) is 5.92 Å². The molecule has 1 aromatic rings. The fourth-order valence-electron chi connectivity index (χ4n) is 2.06. The van der Waals surface area contributed by atoms with Gasteiger partial charge in [-0.1, -0.05) is 31.5 Å². The summed E-state index contributed by atoms with van der Waals surface area (Å²) in [7, 11) is -3.63. The van der Waals surface area contributed by atoms with Crippen molar-refractivity contribution in [3.05, 3.63) is 28.8 Å². The highest BCUT2D eigenvalue weighted by atomic mass is 35.5. The van der Waals surface area contributed by atoms with Gasteiger partial charge in [-0.05, 0) is 24.5 Å². The van der Waals surface area contributed by atoms with Crippen LogP contribution in [0.1, 0.15) is 25.8 Å². The second kappa shape index (κ2) is 4.64. The number of rotatable bonds is 3. The maximum absolute atomic E-state index is 11.9. The average molecular weight is 287 g/mol. The molecule has 6 heteroatoms. The van der Waals surface area contributed by atoms with Gasteiger partial charge < -0.3 is 5.73 Å². The third kappa shape index (κ3) is 2.30. The molecule has 1 aromatic carbocycles. The highest BCUT2D eigenvalue weighted by Gasteiger charge is 2.33. The molecule has 1 heterocycles. The number of nitrogens with zero attached hydrogens (tertiary/aromatic N) is 1. The highest BCUT2D eigenvalue weighted by molar-refractivity contribution is 7.90. The summed E-state index contributed by atoms with van der Waals surface area (Å²) in [5.41, 5.74) is 6.87. The van der Waals surface area contributed by atoms with Crippen LogP contribution in [-0.2, 0) is 10.0 Å². The molecule has 18 heavy (non-hydrogen) atoms. The first-order chi connectivity index (χ1) is 8.33. The first kappa shape index (κ1) is 13.5. The Kier molecular flexibility index (Phi) is 3.49. The highest BCUT2D eigenvalue weighted by Crippen LogP contribution is 2.33. The van der Waals surface area contributed by atoms with Crippen molar-refractivity contribution >= 4 is 27.3 Å². The number of benzene rings is 1. The molecule has 1 aliphatic rings. The standard InChI is InChI=1S/C12H15ClN2O2S/c1-7(2)6-9(14)12-11-8(13)4-3-5-10(11)18(16,17)15-12/h3-5,7,9H,6,14H2,1-2H3. The van der Waals surface area contributed by atoms with Crippen molar-refractivity contribution in [1.82, 2.24) is 0 Å². The van der Waals surface area contributed by atoms with Crippen molar-refractivity contribution in [2.45, 2.75) is 31.2 Å². The minimum absolute atomic E-state index is 0.157. The molecular weight excluding hydrogens is 272 g/mol. The van der Waals surface area contributed by atoms with Gasteiger partial charge in [0.2, 0.25) is 0 Å². The van der Waals surface area contributed by atoms with E-state index in [9.17, 15) is 8.42 Å². The predicted octanol–water partition coefficient (Wildman–Crippen LogP) is 2.20. The normalized spacial score (nSPS) is 18.6. The Balaban J connectivity index is 2.53. The summed E-state index contributed by atoms with van der Waals surface area (Å²) < 4.78 is 27.6. The number of sulfonamides is 1. The molecule has 1 aliphatic heterocycles. The molecule has 0 amide bonds. The molecule has 4 nitrogen and oxygen atoms in total. The minimum atomic E-state index is -3.63. The maximum atomic E-state index is 11.9. The number of halogens is 1. The maximum Gasteiger partial charge on any atom is 0.283 e. The van der Waals surface area contributed by atoms with Gasteiger partial charge in [-0.3, -0.25) is 0 Å². The second-order valence-electron chi connectivity index (χ2n) is 4.80. The topological polar surface area (TPSA) is 72.5 Å². The zero-order valence-corrected chi connectivity index (χ0v) is 11.8. The van der Waals surface area contributed by atoms with Crippen LogP contribution in [0.5, 0.6) is 0 Å². The van der Waals surface area contributed by atoms with E-state index in [-0.39, 0.29) is 4.90 Å². The van der Waals surface area contributed by atoms with Crippen LogP contribution in [0.2, 0.25) is 5.02 Å². The quantitative estimate of drug-likeness (QED) is 0.926. The van der Waals surface area contributed by atoms with Crippen molar-refractivity contribution < 1.29 is 8.42 Å². The van der Waals surface area contributed by atoms with E-state index in [1.807, 2.05) is 13.8 Å². The largest absolute Gasteiger partial charge is 0.323 e. The average Bonchev–Trinajstić information content (AvgIpc) is 2.52. The number of hydrogen-bond acceptors (Lipinski definition) is 3. The molecule has 0 spiro atoms. The monoisotopic (exact) mass is 286 g/mol. The Hall–Kier alpha value is -0.910. The first-order valence-corrected chi connectivity index (χ1v) is 7.54. The lowest BCUT2D eigenvalue weighted by atomic mass is 9.96. The molecule has 1 atom stereocenters. The van der Waals surface area contributed by atoms with Crippen molar-refractivity contribution in [2.75, 3.05) is 0 Å². The lowest BCUT2D eigenvalue weighted by Crippen LogP contribution is -2.32. The molecule has 1 unspecified atom stereocenters. The smallest absolute Gasteiger partial charge is 0.283 e. The lowest BCUT2D eigenvalue weighted by Gasteiger charge is -2.14. The fraction of sp³-hybridized carbons (Fsp3) is 0.417. The van der Waals surface area contributed by atoms with Crippen LogP contribution >= 0.6 is 11.6 Å². The van der Waals surface area contributed by atoms with E-state index < -0.39 is 16.1 Å². The van der Waals surface area contributed by atoms with Crippen LogP contribution in [0.25, 0.3) is 0 Å². The zero-order chi connectivity index (χ0) is 13.5. The third-order valence-electron chi connectivity index (χ3n) is 2.80. The summed E-state index contributed by atoms with van der Waals surface area (Å²) >= 11 is 6.07. The molecule has 0 saturated carbocycles. The Morgan fingerprint density at radius 2 is 2.06 bits per heavy atom. The zero-order valence-electron chi connectivity index (χ0n) is 10.2. The van der Waals surface area contributed by atoms with E-state index in [4.69, 9.17) is 17.3 Å². The molecule has 0 aliphatic carbocycles. The lowest BCUT2D eigenvalue weighted by molar-refractivity contribution is 0.560. The summed E-state index contributed by atoms with van der Waals surface area (Å²) in [5.74, 6) is 0.358. The van der Waals surface area contributed by atoms with Gasteiger partial charge in [-0.2, -0.15) is 12.8 Å². The van der Waals surface area contributed by atoms with E-state index >= 15 is 0 Å². The van der Waals surface area contributed by atoms with Crippen LogP contribution in [-0.4, -0.2) is 20.2 Å². The van der Waals surface area contributed by atoms with Crippen LogP contribution in [0.15, 0.2) is 27.5 Å². The van der Waals surface area contributed by atoms with Gasteiger partial charge in [0.25, 0.3) is 10.0 Å². The van der Waals surface area contributed by atoms with Crippen molar-refractivity contribution in [2.24, 2.45) is 16.0 Å². The van der Waals surface area contributed by atoms with E-state index in [1.165, 1.54) is 6.07 Å². The fourth-order valence-corrected chi connectivity index (χ4v) is 3.70.